The van der Waals surface area contributed by atoms with E-state index in [2.05, 4.69) is 33.4 Å². The Morgan fingerprint density at radius 2 is 1.89 bits per heavy atom. The van der Waals surface area contributed by atoms with Crippen LogP contribution in [0.1, 0.15) is 22.7 Å². The molecule has 1 atom stereocenters. The van der Waals surface area contributed by atoms with Crippen LogP contribution in [0.5, 0.6) is 11.5 Å². The van der Waals surface area contributed by atoms with Gasteiger partial charge in [0, 0.05) is 11.0 Å². The number of nitrogens with one attached hydrogen (secondary N) is 1. The number of phenols is 2. The first-order valence-electron chi connectivity index (χ1n) is 6.19. The third-order valence-corrected chi connectivity index (χ3v) is 3.97. The number of hydrogen-bond donors (Lipinski definition) is 3. The number of phenolic OH excluding ortho intramolecular Hbond substituents is 2. The minimum absolute atomic E-state index is 0.0476. The second kappa shape index (κ2) is 4.87. The molecule has 0 saturated carbocycles. The van der Waals surface area contributed by atoms with Crippen LogP contribution in [0.3, 0.4) is 0 Å². The first-order chi connectivity index (χ1) is 9.15. The topological polar surface area (TPSA) is 52.5 Å². The lowest BCUT2D eigenvalue weighted by Crippen LogP contribution is -2.30. The molecule has 1 aliphatic heterocycles. The van der Waals surface area contributed by atoms with Crippen LogP contribution < -0.4 is 5.32 Å². The van der Waals surface area contributed by atoms with E-state index >= 15 is 0 Å². The predicted molar refractivity (Wildman–Crippen MR) is 77.5 cm³/mol. The molecule has 19 heavy (non-hydrogen) atoms. The first kappa shape index (κ1) is 12.5. The Morgan fingerprint density at radius 1 is 1.11 bits per heavy atom. The minimum Gasteiger partial charge on any atom is -0.504 e. The van der Waals surface area contributed by atoms with Crippen LogP contribution in [0.2, 0.25) is 0 Å². The van der Waals surface area contributed by atoms with Gasteiger partial charge in [0.15, 0.2) is 11.5 Å². The van der Waals surface area contributed by atoms with Crippen LogP contribution in [-0.2, 0) is 6.42 Å². The van der Waals surface area contributed by atoms with Crippen molar-refractivity contribution >= 4 is 15.9 Å². The molecule has 2 aromatic rings. The molecule has 1 aliphatic rings. The average molecular weight is 320 g/mol. The summed E-state index contributed by atoms with van der Waals surface area (Å²) in [7, 11) is 0. The SMILES string of the molecule is Oc1cc2c(cc1O)C(c1cccc(Br)c1)NCC2. The monoisotopic (exact) mass is 319 g/mol. The van der Waals surface area contributed by atoms with Gasteiger partial charge in [0.1, 0.15) is 0 Å². The van der Waals surface area contributed by atoms with E-state index in [-0.39, 0.29) is 17.5 Å². The van der Waals surface area contributed by atoms with Crippen molar-refractivity contribution in [1.29, 1.82) is 0 Å². The summed E-state index contributed by atoms with van der Waals surface area (Å²) < 4.78 is 1.03. The molecule has 0 aromatic heterocycles. The molecule has 0 radical (unpaired) electrons. The zero-order chi connectivity index (χ0) is 13.4. The summed E-state index contributed by atoms with van der Waals surface area (Å²) in [5.41, 5.74) is 3.25. The van der Waals surface area contributed by atoms with E-state index in [1.165, 1.54) is 0 Å². The lowest BCUT2D eigenvalue weighted by atomic mass is 9.89. The molecule has 3 rings (SSSR count). The smallest absolute Gasteiger partial charge is 0.157 e. The molecule has 2 aromatic carbocycles. The number of fused-ring (bicyclic) bond motifs is 1. The molecular formula is C15H14BrNO2. The number of halogens is 1. The highest BCUT2D eigenvalue weighted by Gasteiger charge is 2.23. The molecule has 1 unspecified atom stereocenters. The standard InChI is InChI=1S/C15H14BrNO2/c16-11-3-1-2-10(6-11)15-12-8-14(19)13(18)7-9(12)4-5-17-15/h1-3,6-8,15,17-19H,4-5H2. The molecule has 0 spiro atoms. The van der Waals surface area contributed by atoms with E-state index in [9.17, 15) is 10.2 Å². The van der Waals surface area contributed by atoms with Gasteiger partial charge in [-0.1, -0.05) is 28.1 Å². The van der Waals surface area contributed by atoms with Crippen molar-refractivity contribution in [2.75, 3.05) is 6.54 Å². The molecule has 0 bridgehead atoms. The maximum atomic E-state index is 9.71. The fourth-order valence-electron chi connectivity index (χ4n) is 2.57. The van der Waals surface area contributed by atoms with Gasteiger partial charge in [-0.05, 0) is 47.4 Å². The zero-order valence-corrected chi connectivity index (χ0v) is 11.8. The summed E-state index contributed by atoms with van der Waals surface area (Å²) in [5, 5.41) is 22.8. The fraction of sp³-hybridized carbons (Fsp3) is 0.200. The van der Waals surface area contributed by atoms with Gasteiger partial charge in [0.05, 0.1) is 6.04 Å². The van der Waals surface area contributed by atoms with Crippen molar-refractivity contribution in [3.05, 3.63) is 57.6 Å². The minimum atomic E-state index is -0.0672. The molecule has 0 amide bonds. The van der Waals surface area contributed by atoms with Gasteiger partial charge in [-0.2, -0.15) is 0 Å². The van der Waals surface area contributed by atoms with Crippen LogP contribution in [0.4, 0.5) is 0 Å². The van der Waals surface area contributed by atoms with Gasteiger partial charge in [-0.25, -0.2) is 0 Å². The highest BCUT2D eigenvalue weighted by Crippen LogP contribution is 2.36. The molecule has 0 aliphatic carbocycles. The van der Waals surface area contributed by atoms with E-state index in [1.807, 2.05) is 12.1 Å². The Kier molecular flexibility index (Phi) is 3.21. The van der Waals surface area contributed by atoms with Crippen molar-refractivity contribution in [1.82, 2.24) is 5.32 Å². The Balaban J connectivity index is 2.10. The van der Waals surface area contributed by atoms with Gasteiger partial charge >= 0.3 is 0 Å². The highest BCUT2D eigenvalue weighted by atomic mass is 79.9. The Labute approximate surface area is 120 Å². The fourth-order valence-corrected chi connectivity index (χ4v) is 2.98. The Bertz CT molecular complexity index is 628. The van der Waals surface area contributed by atoms with Crippen molar-refractivity contribution in [3.63, 3.8) is 0 Å². The molecule has 0 saturated heterocycles. The summed E-state index contributed by atoms with van der Waals surface area (Å²) in [4.78, 5) is 0. The first-order valence-corrected chi connectivity index (χ1v) is 6.98. The predicted octanol–water partition coefficient (Wildman–Crippen LogP) is 3.10. The van der Waals surface area contributed by atoms with E-state index in [0.717, 1.165) is 34.1 Å². The van der Waals surface area contributed by atoms with Crippen LogP contribution in [0.15, 0.2) is 40.9 Å². The average Bonchev–Trinajstić information content (AvgIpc) is 2.39. The van der Waals surface area contributed by atoms with Crippen molar-refractivity contribution in [2.24, 2.45) is 0 Å². The second-order valence-electron chi connectivity index (χ2n) is 4.73. The van der Waals surface area contributed by atoms with Gasteiger partial charge in [0.25, 0.3) is 0 Å². The molecule has 0 fully saturated rings. The molecule has 3 N–H and O–H groups in total. The van der Waals surface area contributed by atoms with Gasteiger partial charge in [-0.3, -0.25) is 0 Å². The normalized spacial score (nSPS) is 18.1. The number of benzene rings is 2. The summed E-state index contributed by atoms with van der Waals surface area (Å²) in [6, 6.07) is 11.5. The third kappa shape index (κ3) is 2.33. The lowest BCUT2D eigenvalue weighted by Gasteiger charge is -2.28. The molecule has 98 valence electrons. The maximum absolute atomic E-state index is 9.71. The van der Waals surface area contributed by atoms with Crippen LogP contribution >= 0.6 is 15.9 Å². The van der Waals surface area contributed by atoms with Crippen molar-refractivity contribution in [2.45, 2.75) is 12.5 Å². The molecular weight excluding hydrogens is 306 g/mol. The number of hydrogen-bond acceptors (Lipinski definition) is 3. The van der Waals surface area contributed by atoms with Crippen LogP contribution in [0, 0.1) is 0 Å². The van der Waals surface area contributed by atoms with E-state index in [4.69, 9.17) is 0 Å². The third-order valence-electron chi connectivity index (χ3n) is 3.47. The molecule has 4 heteroatoms. The van der Waals surface area contributed by atoms with Crippen molar-refractivity contribution < 1.29 is 10.2 Å². The van der Waals surface area contributed by atoms with Crippen LogP contribution in [0.25, 0.3) is 0 Å². The van der Waals surface area contributed by atoms with Gasteiger partial charge in [0.2, 0.25) is 0 Å². The van der Waals surface area contributed by atoms with Crippen molar-refractivity contribution in [3.8, 4) is 11.5 Å². The Hall–Kier alpha value is -1.52. The largest absolute Gasteiger partial charge is 0.504 e. The summed E-state index contributed by atoms with van der Waals surface area (Å²) >= 11 is 3.48. The van der Waals surface area contributed by atoms with Crippen LogP contribution in [-0.4, -0.2) is 16.8 Å². The summed E-state index contributed by atoms with van der Waals surface area (Å²) in [5.74, 6) is -0.115. The molecule has 3 nitrogen and oxygen atoms in total. The van der Waals surface area contributed by atoms with Gasteiger partial charge in [-0.15, -0.1) is 0 Å². The number of aromatic hydroxyl groups is 2. The zero-order valence-electron chi connectivity index (χ0n) is 10.2. The maximum Gasteiger partial charge on any atom is 0.157 e. The van der Waals surface area contributed by atoms with Gasteiger partial charge < -0.3 is 15.5 Å². The second-order valence-corrected chi connectivity index (χ2v) is 5.65. The lowest BCUT2D eigenvalue weighted by molar-refractivity contribution is 0.400. The highest BCUT2D eigenvalue weighted by molar-refractivity contribution is 9.10. The van der Waals surface area contributed by atoms with E-state index < -0.39 is 0 Å². The Morgan fingerprint density at radius 3 is 2.68 bits per heavy atom. The van der Waals surface area contributed by atoms with E-state index in [1.54, 1.807) is 12.1 Å². The summed E-state index contributed by atoms with van der Waals surface area (Å²) in [6.07, 6.45) is 0.855. The van der Waals surface area contributed by atoms with E-state index in [0.29, 0.717) is 0 Å². The quantitative estimate of drug-likeness (QED) is 0.708. The number of rotatable bonds is 1. The summed E-state index contributed by atoms with van der Waals surface area (Å²) in [6.45, 7) is 0.856. The molecule has 1 heterocycles.